The first-order valence-corrected chi connectivity index (χ1v) is 3.18. The molecule has 0 saturated carbocycles. The number of rotatable bonds is 3. The van der Waals surface area contributed by atoms with E-state index < -0.39 is 0 Å². The molecule has 0 radical (unpaired) electrons. The molecule has 56 valence electrons. The molecule has 0 amide bonds. The van der Waals surface area contributed by atoms with Crippen molar-refractivity contribution in [2.24, 2.45) is 9.98 Å². The zero-order chi connectivity index (χ0) is 8.24. The lowest BCUT2D eigenvalue weighted by molar-refractivity contribution is 1.50. The van der Waals surface area contributed by atoms with E-state index in [9.17, 15) is 0 Å². The molecular formula is C8H14N2. The summed E-state index contributed by atoms with van der Waals surface area (Å²) in [5, 5.41) is 0. The van der Waals surface area contributed by atoms with Crippen LogP contribution in [0.25, 0.3) is 0 Å². The van der Waals surface area contributed by atoms with Crippen LogP contribution < -0.4 is 0 Å². The number of allylic oxidation sites excluding steroid dienone is 1. The maximum absolute atomic E-state index is 3.67. The fourth-order valence-corrected chi connectivity index (χ4v) is 0.185. The van der Waals surface area contributed by atoms with Gasteiger partial charge in [-0.2, -0.15) is 0 Å². The molecule has 2 nitrogen and oxygen atoms in total. The molecule has 0 atom stereocenters. The monoisotopic (exact) mass is 138 g/mol. The zero-order valence-corrected chi connectivity index (χ0v) is 6.62. The summed E-state index contributed by atoms with van der Waals surface area (Å²) in [6.45, 7) is 10.8. The largest absolute Gasteiger partial charge is 0.246 e. The van der Waals surface area contributed by atoms with Gasteiger partial charge in [0, 0.05) is 12.4 Å². The Labute approximate surface area is 62.7 Å². The van der Waals surface area contributed by atoms with E-state index in [0.717, 1.165) is 0 Å². The van der Waals surface area contributed by atoms with E-state index in [4.69, 9.17) is 0 Å². The van der Waals surface area contributed by atoms with Gasteiger partial charge < -0.3 is 0 Å². The van der Waals surface area contributed by atoms with Crippen molar-refractivity contribution in [1.82, 2.24) is 0 Å². The van der Waals surface area contributed by atoms with Crippen LogP contribution in [-0.2, 0) is 0 Å². The molecule has 0 bridgehead atoms. The topological polar surface area (TPSA) is 24.7 Å². The highest BCUT2D eigenvalue weighted by molar-refractivity contribution is 5.79. The molecule has 0 heterocycles. The molecule has 0 aromatic rings. The average Bonchev–Trinajstić information content (AvgIpc) is 2.02. The third kappa shape index (κ3) is 15.8. The van der Waals surface area contributed by atoms with E-state index >= 15 is 0 Å². The van der Waals surface area contributed by atoms with Crippen molar-refractivity contribution in [1.29, 1.82) is 0 Å². The molecule has 0 aliphatic rings. The van der Waals surface area contributed by atoms with Gasteiger partial charge in [-0.05, 0) is 0 Å². The average molecular weight is 138 g/mol. The quantitative estimate of drug-likeness (QED) is 0.422. The van der Waals surface area contributed by atoms with E-state index in [1.165, 1.54) is 12.5 Å². The van der Waals surface area contributed by atoms with Gasteiger partial charge >= 0.3 is 0 Å². The molecule has 0 aromatic heterocycles. The van der Waals surface area contributed by atoms with Gasteiger partial charge in [0.15, 0.2) is 0 Å². The first-order chi connectivity index (χ1) is 4.91. The Morgan fingerprint density at radius 2 is 1.70 bits per heavy atom. The fourth-order valence-electron chi connectivity index (χ4n) is 0.185. The minimum Gasteiger partial charge on any atom is -0.246 e. The number of nitrogens with zero attached hydrogens (tertiary/aromatic N) is 2. The van der Waals surface area contributed by atoms with Crippen molar-refractivity contribution in [2.75, 3.05) is 0 Å². The van der Waals surface area contributed by atoms with Crippen molar-refractivity contribution in [3.05, 3.63) is 25.4 Å². The Kier molecular flexibility index (Phi) is 18.2. The van der Waals surface area contributed by atoms with Gasteiger partial charge in [-0.3, -0.25) is 0 Å². The first-order valence-electron chi connectivity index (χ1n) is 3.18. The molecular weight excluding hydrogens is 124 g/mol. The van der Waals surface area contributed by atoms with Gasteiger partial charge in [0.25, 0.3) is 0 Å². The Hall–Kier alpha value is -1.18. The smallest absolute Gasteiger partial charge is 0.115 e. The van der Waals surface area contributed by atoms with Crippen LogP contribution in [0.1, 0.15) is 13.8 Å². The summed E-state index contributed by atoms with van der Waals surface area (Å²) in [6.07, 6.45) is 5.94. The molecule has 2 heteroatoms. The SMILES string of the molecule is C=CC=NC=NC=C.CC. The van der Waals surface area contributed by atoms with E-state index in [1.54, 1.807) is 12.3 Å². The molecule has 0 unspecified atom stereocenters. The molecule has 0 N–H and O–H groups in total. The van der Waals surface area contributed by atoms with Crippen molar-refractivity contribution >= 4 is 12.6 Å². The normalized spacial score (nSPS) is 9.00. The van der Waals surface area contributed by atoms with Crippen LogP contribution in [-0.4, -0.2) is 12.6 Å². The van der Waals surface area contributed by atoms with E-state index in [-0.39, 0.29) is 0 Å². The third-order valence-electron chi connectivity index (χ3n) is 0.430. The second kappa shape index (κ2) is 15.7. The summed E-state index contributed by atoms with van der Waals surface area (Å²) in [5.41, 5.74) is 0. The van der Waals surface area contributed by atoms with Crippen molar-refractivity contribution in [2.45, 2.75) is 13.8 Å². The third-order valence-corrected chi connectivity index (χ3v) is 0.430. The summed E-state index contributed by atoms with van der Waals surface area (Å²) >= 11 is 0. The van der Waals surface area contributed by atoms with Crippen LogP contribution in [0.3, 0.4) is 0 Å². The van der Waals surface area contributed by atoms with Crippen LogP contribution in [0, 0.1) is 0 Å². The second-order valence-electron chi connectivity index (χ2n) is 0.981. The van der Waals surface area contributed by atoms with Crippen LogP contribution in [0.4, 0.5) is 0 Å². The molecule has 0 fully saturated rings. The highest BCUT2D eigenvalue weighted by Gasteiger charge is 1.54. The van der Waals surface area contributed by atoms with Crippen LogP contribution in [0.2, 0.25) is 0 Å². The zero-order valence-electron chi connectivity index (χ0n) is 6.62. The van der Waals surface area contributed by atoms with Gasteiger partial charge in [-0.25, -0.2) is 9.98 Å². The van der Waals surface area contributed by atoms with Crippen molar-refractivity contribution in [3.8, 4) is 0 Å². The van der Waals surface area contributed by atoms with Crippen molar-refractivity contribution < 1.29 is 0 Å². The standard InChI is InChI=1S/C6H8N2.C2H6/c1-3-5-8-6-7-4-2;1-2/h3-6H,1-2H2;1-2H3. The summed E-state index contributed by atoms with van der Waals surface area (Å²) in [7, 11) is 0. The van der Waals surface area contributed by atoms with E-state index in [1.807, 2.05) is 13.8 Å². The minimum absolute atomic E-state index is 1.40. The Morgan fingerprint density at radius 3 is 2.10 bits per heavy atom. The number of aliphatic imine (C=N–C) groups is 2. The highest BCUT2D eigenvalue weighted by Crippen LogP contribution is 1.64. The minimum atomic E-state index is 1.40. The van der Waals surface area contributed by atoms with Crippen LogP contribution in [0.5, 0.6) is 0 Å². The molecule has 0 aliphatic carbocycles. The number of hydrogen-bond donors (Lipinski definition) is 0. The fraction of sp³-hybridized carbons (Fsp3) is 0.250. The maximum Gasteiger partial charge on any atom is 0.115 e. The Bertz CT molecular complexity index is 107. The van der Waals surface area contributed by atoms with Gasteiger partial charge in [0.1, 0.15) is 6.34 Å². The molecule has 0 rings (SSSR count). The summed E-state index contributed by atoms with van der Waals surface area (Å²) in [4.78, 5) is 7.28. The van der Waals surface area contributed by atoms with Gasteiger partial charge in [-0.15, -0.1) is 0 Å². The lowest BCUT2D eigenvalue weighted by atomic mass is 10.7. The second-order valence-corrected chi connectivity index (χ2v) is 0.981. The molecule has 0 saturated heterocycles. The predicted octanol–water partition coefficient (Wildman–Crippen LogP) is 2.44. The highest BCUT2D eigenvalue weighted by atomic mass is 14.8. The summed E-state index contributed by atoms with van der Waals surface area (Å²) in [6, 6.07) is 0. The van der Waals surface area contributed by atoms with E-state index in [2.05, 4.69) is 23.1 Å². The van der Waals surface area contributed by atoms with Gasteiger partial charge in [0.05, 0.1) is 0 Å². The van der Waals surface area contributed by atoms with Gasteiger partial charge in [-0.1, -0.05) is 33.1 Å². The van der Waals surface area contributed by atoms with Crippen LogP contribution >= 0.6 is 0 Å². The molecule has 0 spiro atoms. The van der Waals surface area contributed by atoms with E-state index in [0.29, 0.717) is 0 Å². The number of hydrogen-bond acceptors (Lipinski definition) is 1. The maximum atomic E-state index is 3.67. The Balaban J connectivity index is 0. The first kappa shape index (κ1) is 11.6. The predicted molar refractivity (Wildman–Crippen MR) is 48.7 cm³/mol. The lowest BCUT2D eigenvalue weighted by Crippen LogP contribution is -1.63. The summed E-state index contributed by atoms with van der Waals surface area (Å²) in [5.74, 6) is 0. The molecule has 0 aromatic carbocycles. The Morgan fingerprint density at radius 1 is 1.10 bits per heavy atom. The molecule has 10 heavy (non-hydrogen) atoms. The van der Waals surface area contributed by atoms with Crippen molar-refractivity contribution in [3.63, 3.8) is 0 Å². The summed E-state index contributed by atoms with van der Waals surface area (Å²) < 4.78 is 0. The molecule has 0 aliphatic heterocycles. The van der Waals surface area contributed by atoms with Crippen LogP contribution in [0.15, 0.2) is 35.4 Å². The van der Waals surface area contributed by atoms with Gasteiger partial charge in [0.2, 0.25) is 0 Å². The lowest BCUT2D eigenvalue weighted by Gasteiger charge is -1.68.